The van der Waals surface area contributed by atoms with E-state index in [1.165, 1.54) is 40.3 Å². The number of carbonyl (C=O) groups is 2. The van der Waals surface area contributed by atoms with Crippen LogP contribution in [0.3, 0.4) is 0 Å². The number of ether oxygens (including phenoxy) is 1. The molecule has 0 aliphatic heterocycles. The lowest BCUT2D eigenvalue weighted by Crippen LogP contribution is -2.14. The van der Waals surface area contributed by atoms with Crippen molar-refractivity contribution in [3.05, 3.63) is 78.0 Å². The van der Waals surface area contributed by atoms with Crippen molar-refractivity contribution < 1.29 is 18.7 Å². The van der Waals surface area contributed by atoms with Crippen molar-refractivity contribution in [3.8, 4) is 10.4 Å². The number of nitrogens with zero attached hydrogens (tertiary/aromatic N) is 2. The number of aromatic nitrogens is 2. The van der Waals surface area contributed by atoms with Crippen LogP contribution < -0.4 is 5.32 Å². The first-order valence-electron chi connectivity index (χ1n) is 8.87. The fraction of sp³-hybridized carbons (Fsp3) is 0.0952. The molecular weight excluding hydrogens is 393 g/mol. The largest absolute Gasteiger partial charge is 0.462 e. The summed E-state index contributed by atoms with van der Waals surface area (Å²) in [6, 6.07) is 14.0. The zero-order chi connectivity index (χ0) is 20.4. The van der Waals surface area contributed by atoms with Crippen molar-refractivity contribution >= 4 is 33.9 Å². The third kappa shape index (κ3) is 3.88. The molecule has 0 unspecified atom stereocenters. The van der Waals surface area contributed by atoms with E-state index in [0.717, 1.165) is 10.4 Å². The van der Waals surface area contributed by atoms with E-state index in [9.17, 15) is 14.0 Å². The number of anilines is 1. The van der Waals surface area contributed by atoms with E-state index in [-0.39, 0.29) is 17.9 Å². The Kier molecular flexibility index (Phi) is 5.09. The second kappa shape index (κ2) is 7.84. The number of thiophene rings is 1. The summed E-state index contributed by atoms with van der Waals surface area (Å²) in [5.41, 5.74) is 1.75. The van der Waals surface area contributed by atoms with Crippen LogP contribution in [-0.4, -0.2) is 27.9 Å². The summed E-state index contributed by atoms with van der Waals surface area (Å²) in [5, 5.41) is 3.11. The van der Waals surface area contributed by atoms with Gasteiger partial charge >= 0.3 is 5.97 Å². The predicted molar refractivity (Wildman–Crippen MR) is 109 cm³/mol. The minimum absolute atomic E-state index is 0.111. The molecule has 4 rings (SSSR count). The Morgan fingerprint density at radius 2 is 1.97 bits per heavy atom. The summed E-state index contributed by atoms with van der Waals surface area (Å²) in [6.45, 7) is 1.94. The Bertz CT molecular complexity index is 1200. The lowest BCUT2D eigenvalue weighted by molar-refractivity contribution is 0.0528. The molecule has 0 aliphatic rings. The van der Waals surface area contributed by atoms with Gasteiger partial charge in [-0.05, 0) is 30.7 Å². The summed E-state index contributed by atoms with van der Waals surface area (Å²) in [6.07, 6.45) is 2.67. The first-order chi connectivity index (χ1) is 14.0. The van der Waals surface area contributed by atoms with Gasteiger partial charge in [0.1, 0.15) is 22.2 Å². The molecule has 1 amide bonds. The topological polar surface area (TPSA) is 72.7 Å². The number of benzene rings is 1. The molecule has 0 fully saturated rings. The maximum atomic E-state index is 13.4. The van der Waals surface area contributed by atoms with E-state index in [0.29, 0.717) is 10.6 Å². The standard InChI is InChI=1S/C21H16FN3O3S/c1-2-28-21(27)15-10-17(13-6-4-3-5-7-13)29-20(15)24-19(26)16-12-25-11-14(22)8-9-18(25)23-16/h3-12H,2H2,1H3,(H,24,26). The molecule has 3 aromatic heterocycles. The number of hydrogen-bond donors (Lipinski definition) is 1. The number of halogens is 1. The number of amides is 1. The van der Waals surface area contributed by atoms with Gasteiger partial charge in [0.2, 0.25) is 0 Å². The highest BCUT2D eigenvalue weighted by atomic mass is 32.1. The molecule has 0 bridgehead atoms. The molecule has 1 aromatic carbocycles. The normalized spacial score (nSPS) is 10.8. The van der Waals surface area contributed by atoms with Crippen LogP contribution in [-0.2, 0) is 4.74 Å². The highest BCUT2D eigenvalue weighted by Gasteiger charge is 2.21. The summed E-state index contributed by atoms with van der Waals surface area (Å²) < 4.78 is 19.9. The minimum Gasteiger partial charge on any atom is -0.462 e. The van der Waals surface area contributed by atoms with Crippen molar-refractivity contribution in [1.82, 2.24) is 9.38 Å². The Hall–Kier alpha value is -3.52. The molecule has 29 heavy (non-hydrogen) atoms. The zero-order valence-electron chi connectivity index (χ0n) is 15.4. The average Bonchev–Trinajstić information content (AvgIpc) is 3.33. The smallest absolute Gasteiger partial charge is 0.341 e. The van der Waals surface area contributed by atoms with Gasteiger partial charge in [0.05, 0.1) is 12.2 Å². The Balaban J connectivity index is 1.67. The van der Waals surface area contributed by atoms with Crippen LogP contribution in [0.5, 0.6) is 0 Å². The van der Waals surface area contributed by atoms with Crippen LogP contribution in [0.1, 0.15) is 27.8 Å². The van der Waals surface area contributed by atoms with Gasteiger partial charge in [-0.3, -0.25) is 4.79 Å². The predicted octanol–water partition coefficient (Wildman–Crippen LogP) is 4.63. The summed E-state index contributed by atoms with van der Waals surface area (Å²) in [7, 11) is 0. The van der Waals surface area contributed by atoms with E-state index in [1.54, 1.807) is 13.0 Å². The monoisotopic (exact) mass is 409 g/mol. The first-order valence-corrected chi connectivity index (χ1v) is 9.69. The third-order valence-corrected chi connectivity index (χ3v) is 5.26. The quantitative estimate of drug-likeness (QED) is 0.488. The molecule has 0 aliphatic carbocycles. The fourth-order valence-corrected chi connectivity index (χ4v) is 3.88. The molecule has 0 spiro atoms. The average molecular weight is 409 g/mol. The minimum atomic E-state index is -0.515. The van der Waals surface area contributed by atoms with Crippen LogP contribution >= 0.6 is 11.3 Å². The zero-order valence-corrected chi connectivity index (χ0v) is 16.2. The fourth-order valence-electron chi connectivity index (χ4n) is 2.83. The van der Waals surface area contributed by atoms with Crippen molar-refractivity contribution in [3.63, 3.8) is 0 Å². The maximum absolute atomic E-state index is 13.4. The number of nitrogens with one attached hydrogen (secondary N) is 1. The molecule has 146 valence electrons. The second-order valence-corrected chi connectivity index (χ2v) is 7.19. The van der Waals surface area contributed by atoms with Gasteiger partial charge in [-0.15, -0.1) is 11.3 Å². The molecule has 0 saturated heterocycles. The summed E-state index contributed by atoms with van der Waals surface area (Å²) in [5.74, 6) is -1.45. The Labute approximate surface area is 169 Å². The van der Waals surface area contributed by atoms with E-state index < -0.39 is 17.7 Å². The molecule has 6 nitrogen and oxygen atoms in total. The SMILES string of the molecule is CCOC(=O)c1cc(-c2ccccc2)sc1NC(=O)c1cn2cc(F)ccc2n1. The van der Waals surface area contributed by atoms with Crippen LogP contribution in [0.15, 0.2) is 60.9 Å². The number of esters is 1. The summed E-state index contributed by atoms with van der Waals surface area (Å²) >= 11 is 1.27. The van der Waals surface area contributed by atoms with Crippen LogP contribution in [0, 0.1) is 5.82 Å². The third-order valence-electron chi connectivity index (χ3n) is 4.16. The van der Waals surface area contributed by atoms with Gasteiger partial charge in [-0.1, -0.05) is 30.3 Å². The lowest BCUT2D eigenvalue weighted by Gasteiger charge is -2.04. The van der Waals surface area contributed by atoms with Crippen LogP contribution in [0.4, 0.5) is 9.39 Å². The second-order valence-electron chi connectivity index (χ2n) is 6.13. The number of fused-ring (bicyclic) bond motifs is 1. The molecule has 0 saturated carbocycles. The van der Waals surface area contributed by atoms with Crippen LogP contribution in [0.25, 0.3) is 16.1 Å². The van der Waals surface area contributed by atoms with Gasteiger partial charge in [0.25, 0.3) is 5.91 Å². The van der Waals surface area contributed by atoms with Crippen molar-refractivity contribution in [2.75, 3.05) is 11.9 Å². The van der Waals surface area contributed by atoms with E-state index >= 15 is 0 Å². The molecule has 3 heterocycles. The highest BCUT2D eigenvalue weighted by Crippen LogP contribution is 2.36. The number of hydrogen-bond acceptors (Lipinski definition) is 5. The molecule has 0 atom stereocenters. The maximum Gasteiger partial charge on any atom is 0.341 e. The van der Waals surface area contributed by atoms with Gasteiger partial charge in [0, 0.05) is 17.3 Å². The molecule has 0 radical (unpaired) electrons. The summed E-state index contributed by atoms with van der Waals surface area (Å²) in [4.78, 5) is 30.1. The van der Waals surface area contributed by atoms with Crippen LogP contribution in [0.2, 0.25) is 0 Å². The molecule has 8 heteroatoms. The lowest BCUT2D eigenvalue weighted by atomic mass is 10.1. The van der Waals surface area contributed by atoms with Gasteiger partial charge in [-0.2, -0.15) is 0 Å². The van der Waals surface area contributed by atoms with Crippen molar-refractivity contribution in [1.29, 1.82) is 0 Å². The van der Waals surface area contributed by atoms with E-state index in [1.807, 2.05) is 30.3 Å². The van der Waals surface area contributed by atoms with Gasteiger partial charge < -0.3 is 14.5 Å². The molecule has 4 aromatic rings. The van der Waals surface area contributed by atoms with Gasteiger partial charge in [-0.25, -0.2) is 14.2 Å². The Morgan fingerprint density at radius 1 is 1.17 bits per heavy atom. The molecule has 1 N–H and O–H groups in total. The number of carbonyl (C=O) groups excluding carboxylic acids is 2. The van der Waals surface area contributed by atoms with E-state index in [4.69, 9.17) is 4.74 Å². The van der Waals surface area contributed by atoms with Gasteiger partial charge in [0.15, 0.2) is 0 Å². The number of rotatable bonds is 5. The number of imidazole rings is 1. The Morgan fingerprint density at radius 3 is 2.72 bits per heavy atom. The number of pyridine rings is 1. The first kappa shape index (κ1) is 18.8. The molecular formula is C21H16FN3O3S. The van der Waals surface area contributed by atoms with Crippen molar-refractivity contribution in [2.45, 2.75) is 6.92 Å². The van der Waals surface area contributed by atoms with Crippen molar-refractivity contribution in [2.24, 2.45) is 0 Å². The van der Waals surface area contributed by atoms with E-state index in [2.05, 4.69) is 10.3 Å². The highest BCUT2D eigenvalue weighted by molar-refractivity contribution is 7.20.